The quantitative estimate of drug-likeness (QED) is 0.355. The predicted molar refractivity (Wildman–Crippen MR) is 86.4 cm³/mol. The van der Waals surface area contributed by atoms with Gasteiger partial charge in [0, 0.05) is 0 Å². The topological polar surface area (TPSA) is 120 Å². The van der Waals surface area contributed by atoms with E-state index in [0.29, 0.717) is 11.1 Å². The molecule has 0 radical (unpaired) electrons. The van der Waals surface area contributed by atoms with Crippen molar-refractivity contribution in [2.45, 2.75) is 0 Å². The molecule has 122 valence electrons. The van der Waals surface area contributed by atoms with Crippen LogP contribution < -0.4 is 0 Å². The molecular formula is C14H8N2O6Se2. The van der Waals surface area contributed by atoms with Crippen molar-refractivity contribution in [1.82, 2.24) is 0 Å². The minimum atomic E-state index is -0.595. The fourth-order valence-corrected chi connectivity index (χ4v) is 6.65. The third-order valence-corrected chi connectivity index (χ3v) is 8.83. The number of nitrogens with zero attached hydrogens (tertiary/aromatic N) is 2. The summed E-state index contributed by atoms with van der Waals surface area (Å²) in [7, 11) is 0. The molecular weight excluding hydrogens is 450 g/mol. The fraction of sp³-hybridized carbons (Fsp3) is 0. The summed E-state index contributed by atoms with van der Waals surface area (Å²) in [4.78, 5) is 44.1. The van der Waals surface area contributed by atoms with Crippen molar-refractivity contribution in [2.75, 3.05) is 0 Å². The van der Waals surface area contributed by atoms with E-state index in [1.807, 2.05) is 0 Å². The summed E-state index contributed by atoms with van der Waals surface area (Å²) in [5.74, 6) is 0. The molecule has 0 aromatic heterocycles. The van der Waals surface area contributed by atoms with Crippen LogP contribution in [0.5, 0.6) is 0 Å². The Kier molecular flexibility index (Phi) is 5.94. The molecule has 0 unspecified atom stereocenters. The Morgan fingerprint density at radius 2 is 0.958 bits per heavy atom. The number of benzene rings is 2. The molecule has 0 spiro atoms. The summed E-state index contributed by atoms with van der Waals surface area (Å²) in [6.07, 6.45) is 0. The predicted octanol–water partition coefficient (Wildman–Crippen LogP) is 1.81. The molecule has 0 saturated carbocycles. The Hall–Kier alpha value is -2.38. The second-order valence-corrected chi connectivity index (χ2v) is 10.2. The summed E-state index contributed by atoms with van der Waals surface area (Å²) in [6.45, 7) is 0. The number of hydrogen-bond acceptors (Lipinski definition) is 6. The van der Waals surface area contributed by atoms with E-state index in [-0.39, 0.29) is 20.7 Å². The average Bonchev–Trinajstić information content (AvgIpc) is 2.59. The molecule has 2 aromatic carbocycles. The second kappa shape index (κ2) is 7.94. The van der Waals surface area contributed by atoms with Gasteiger partial charge < -0.3 is 0 Å². The molecule has 24 heavy (non-hydrogen) atoms. The Labute approximate surface area is 146 Å². The van der Waals surface area contributed by atoms with Crippen molar-refractivity contribution in [3.8, 4) is 0 Å². The number of non-ortho nitro benzene ring substituents is 2. The van der Waals surface area contributed by atoms with Crippen molar-refractivity contribution in [3.63, 3.8) is 0 Å². The third kappa shape index (κ3) is 4.56. The first-order valence-electron chi connectivity index (χ1n) is 6.30. The van der Waals surface area contributed by atoms with E-state index in [4.69, 9.17) is 0 Å². The Morgan fingerprint density at radius 1 is 0.667 bits per heavy atom. The Bertz CT molecular complexity index is 736. The van der Waals surface area contributed by atoms with Crippen LogP contribution >= 0.6 is 0 Å². The maximum atomic E-state index is 12.0. The third-order valence-electron chi connectivity index (χ3n) is 2.82. The number of nitro groups is 2. The van der Waals surface area contributed by atoms with Gasteiger partial charge in [-0.1, -0.05) is 0 Å². The van der Waals surface area contributed by atoms with Crippen molar-refractivity contribution in [1.29, 1.82) is 0 Å². The van der Waals surface area contributed by atoms with Gasteiger partial charge in [0.2, 0.25) is 0 Å². The standard InChI is InChI=1S/C14H8N2O6Se2/c17-13(9-1-5-11(6-2-9)15(19)20)23-24-14(18)10-3-7-12(8-4-10)16(21)22/h1-8H. The van der Waals surface area contributed by atoms with Crippen molar-refractivity contribution in [2.24, 2.45) is 0 Å². The van der Waals surface area contributed by atoms with E-state index in [1.165, 1.54) is 48.5 Å². The summed E-state index contributed by atoms with van der Waals surface area (Å²) in [6, 6.07) is 10.5. The van der Waals surface area contributed by atoms with Crippen LogP contribution in [0.4, 0.5) is 11.4 Å². The zero-order valence-electron chi connectivity index (χ0n) is 11.8. The fourth-order valence-electron chi connectivity index (χ4n) is 1.61. The van der Waals surface area contributed by atoms with Crippen LogP contribution in [-0.4, -0.2) is 45.5 Å². The number of nitro benzene ring substituents is 2. The molecule has 0 bridgehead atoms. The van der Waals surface area contributed by atoms with Crippen LogP contribution in [0.25, 0.3) is 0 Å². The molecule has 0 aliphatic rings. The van der Waals surface area contributed by atoms with Gasteiger partial charge in [-0.25, -0.2) is 0 Å². The van der Waals surface area contributed by atoms with Crippen LogP contribution in [0.3, 0.4) is 0 Å². The summed E-state index contributed by atoms with van der Waals surface area (Å²) < 4.78 is -0.430. The SMILES string of the molecule is O=C([Se][Se]C(=O)c1ccc([N+](=O)[O-])cc1)c1ccc([N+](=O)[O-])cc1. The maximum absolute atomic E-state index is 12.0. The first kappa shape index (κ1) is 18.0. The van der Waals surface area contributed by atoms with Gasteiger partial charge in [0.05, 0.1) is 0 Å². The molecule has 0 heterocycles. The summed E-state index contributed by atoms with van der Waals surface area (Å²) in [5, 5.41) is 21.1. The van der Waals surface area contributed by atoms with Crippen LogP contribution in [0, 0.1) is 20.2 Å². The van der Waals surface area contributed by atoms with E-state index in [9.17, 15) is 29.8 Å². The van der Waals surface area contributed by atoms with E-state index < -0.39 is 36.1 Å². The molecule has 0 fully saturated rings. The van der Waals surface area contributed by atoms with E-state index in [0.717, 1.165) is 0 Å². The number of rotatable bonds is 7. The van der Waals surface area contributed by atoms with Crippen LogP contribution in [0.1, 0.15) is 20.7 Å². The molecule has 0 saturated heterocycles. The van der Waals surface area contributed by atoms with E-state index >= 15 is 0 Å². The molecule has 0 amide bonds. The number of carbonyl (C=O) groups is 2. The van der Waals surface area contributed by atoms with Crippen LogP contribution in [-0.2, 0) is 0 Å². The molecule has 2 rings (SSSR count). The minimum absolute atomic E-state index is 0.105. The normalized spacial score (nSPS) is 10.2. The molecule has 0 N–H and O–H groups in total. The first-order valence-corrected chi connectivity index (χ1v) is 12.3. The van der Waals surface area contributed by atoms with E-state index in [1.54, 1.807) is 0 Å². The average molecular weight is 458 g/mol. The first-order chi connectivity index (χ1) is 11.4. The van der Waals surface area contributed by atoms with Gasteiger partial charge in [-0.3, -0.25) is 0 Å². The van der Waals surface area contributed by atoms with Gasteiger partial charge in [0.25, 0.3) is 0 Å². The van der Waals surface area contributed by atoms with Crippen molar-refractivity contribution >= 4 is 47.0 Å². The molecule has 0 aliphatic heterocycles. The van der Waals surface area contributed by atoms with Gasteiger partial charge >= 0.3 is 146 Å². The number of carbonyl (C=O) groups excluding carboxylic acids is 2. The zero-order chi connectivity index (χ0) is 17.7. The molecule has 0 atom stereocenters. The number of hydrogen-bond donors (Lipinski definition) is 0. The molecule has 8 nitrogen and oxygen atoms in total. The van der Waals surface area contributed by atoms with Gasteiger partial charge in [-0.05, 0) is 0 Å². The van der Waals surface area contributed by atoms with Crippen LogP contribution in [0.2, 0.25) is 0 Å². The van der Waals surface area contributed by atoms with Gasteiger partial charge in [0.15, 0.2) is 0 Å². The van der Waals surface area contributed by atoms with Crippen LogP contribution in [0.15, 0.2) is 48.5 Å². The second-order valence-electron chi connectivity index (χ2n) is 4.35. The van der Waals surface area contributed by atoms with Gasteiger partial charge in [-0.15, -0.1) is 0 Å². The molecule has 2 aromatic rings. The van der Waals surface area contributed by atoms with Gasteiger partial charge in [0.1, 0.15) is 0 Å². The summed E-state index contributed by atoms with van der Waals surface area (Å²) in [5.41, 5.74) is 0.455. The Morgan fingerprint density at radius 3 is 1.21 bits per heavy atom. The molecule has 0 aliphatic carbocycles. The summed E-state index contributed by atoms with van der Waals surface area (Å²) >= 11 is -1.19. The van der Waals surface area contributed by atoms with E-state index in [2.05, 4.69) is 0 Å². The monoisotopic (exact) mass is 460 g/mol. The van der Waals surface area contributed by atoms with Gasteiger partial charge in [-0.2, -0.15) is 0 Å². The van der Waals surface area contributed by atoms with Crippen molar-refractivity contribution < 1.29 is 19.4 Å². The molecule has 10 heteroatoms. The van der Waals surface area contributed by atoms with Crippen molar-refractivity contribution in [3.05, 3.63) is 79.9 Å². The Balaban J connectivity index is 1.96. The zero-order valence-corrected chi connectivity index (χ0v) is 15.2.